The van der Waals surface area contributed by atoms with E-state index in [-0.39, 0.29) is 17.5 Å². The summed E-state index contributed by atoms with van der Waals surface area (Å²) in [6, 6.07) is 1.18. The number of nitrogens with one attached hydrogen (secondary N) is 3. The number of aromatic carboxylic acids is 1. The van der Waals surface area contributed by atoms with Crippen molar-refractivity contribution in [3.8, 4) is 0 Å². The third-order valence-electron chi connectivity index (χ3n) is 3.44. The van der Waals surface area contributed by atoms with Crippen LogP contribution in [0.2, 0.25) is 0 Å². The number of rotatable bonds is 5. The number of aryl methyl sites for hydroxylation is 1. The van der Waals surface area contributed by atoms with Crippen molar-refractivity contribution in [3.63, 3.8) is 0 Å². The Balaban J connectivity index is 1.77. The maximum absolute atomic E-state index is 11.8. The molecule has 1 aliphatic heterocycles. The number of carbonyl (C=O) groups excluding carboxylic acids is 1. The van der Waals surface area contributed by atoms with E-state index in [0.29, 0.717) is 12.2 Å². The number of aromatic nitrogens is 1. The molecule has 2 heterocycles. The standard InChI is InChI=1S/C14H21N3O4/c1-9-8-11(12(16-9)13(18)19)17-14(20)15-6-5-10-4-2-3-7-21-10/h8,10,16H,2-7H2,1H3,(H,18,19)(H2,15,17,20). The molecule has 4 N–H and O–H groups in total. The Morgan fingerprint density at radius 1 is 1.48 bits per heavy atom. The highest BCUT2D eigenvalue weighted by molar-refractivity contribution is 5.99. The van der Waals surface area contributed by atoms with Gasteiger partial charge in [0.1, 0.15) is 5.69 Å². The number of carboxylic acids is 1. The van der Waals surface area contributed by atoms with Crippen LogP contribution in [-0.4, -0.2) is 41.3 Å². The molecule has 21 heavy (non-hydrogen) atoms. The van der Waals surface area contributed by atoms with E-state index in [1.54, 1.807) is 13.0 Å². The fraction of sp³-hybridized carbons (Fsp3) is 0.571. The second-order valence-electron chi connectivity index (χ2n) is 5.20. The molecule has 0 aliphatic carbocycles. The zero-order valence-corrected chi connectivity index (χ0v) is 12.1. The lowest BCUT2D eigenvalue weighted by Crippen LogP contribution is -2.32. The summed E-state index contributed by atoms with van der Waals surface area (Å²) in [7, 11) is 0. The van der Waals surface area contributed by atoms with Gasteiger partial charge in [-0.3, -0.25) is 0 Å². The third kappa shape index (κ3) is 4.49. The minimum atomic E-state index is -1.10. The van der Waals surface area contributed by atoms with Crippen LogP contribution in [0.3, 0.4) is 0 Å². The molecule has 0 aromatic carbocycles. The predicted octanol–water partition coefficient (Wildman–Crippen LogP) is 2.10. The summed E-state index contributed by atoms with van der Waals surface area (Å²) in [6.07, 6.45) is 4.29. The molecule has 1 fully saturated rings. The molecular weight excluding hydrogens is 274 g/mol. The highest BCUT2D eigenvalue weighted by Crippen LogP contribution is 2.17. The summed E-state index contributed by atoms with van der Waals surface area (Å²) < 4.78 is 5.58. The average Bonchev–Trinajstić information content (AvgIpc) is 2.81. The van der Waals surface area contributed by atoms with Crippen LogP contribution in [0.4, 0.5) is 10.5 Å². The van der Waals surface area contributed by atoms with E-state index >= 15 is 0 Å². The Morgan fingerprint density at radius 2 is 2.29 bits per heavy atom. The molecule has 116 valence electrons. The van der Waals surface area contributed by atoms with Crippen LogP contribution >= 0.6 is 0 Å². The van der Waals surface area contributed by atoms with Crippen molar-refractivity contribution in [3.05, 3.63) is 17.5 Å². The molecule has 7 nitrogen and oxygen atoms in total. The maximum Gasteiger partial charge on any atom is 0.354 e. The van der Waals surface area contributed by atoms with Crippen molar-refractivity contribution < 1.29 is 19.4 Å². The minimum absolute atomic E-state index is 0.0155. The minimum Gasteiger partial charge on any atom is -0.477 e. The van der Waals surface area contributed by atoms with E-state index in [2.05, 4.69) is 15.6 Å². The maximum atomic E-state index is 11.8. The fourth-order valence-electron chi connectivity index (χ4n) is 2.40. The molecule has 1 aromatic rings. The molecule has 1 unspecified atom stereocenters. The van der Waals surface area contributed by atoms with E-state index in [4.69, 9.17) is 9.84 Å². The summed E-state index contributed by atoms with van der Waals surface area (Å²) >= 11 is 0. The Hall–Kier alpha value is -2.02. The van der Waals surface area contributed by atoms with Crippen LogP contribution in [0.1, 0.15) is 41.9 Å². The van der Waals surface area contributed by atoms with Crippen molar-refractivity contribution in [2.75, 3.05) is 18.5 Å². The molecule has 7 heteroatoms. The van der Waals surface area contributed by atoms with Gasteiger partial charge in [0, 0.05) is 18.8 Å². The number of amides is 2. The molecule has 0 radical (unpaired) electrons. The van der Waals surface area contributed by atoms with Gasteiger partial charge in [-0.15, -0.1) is 0 Å². The van der Waals surface area contributed by atoms with Crippen LogP contribution in [0.25, 0.3) is 0 Å². The quantitative estimate of drug-likeness (QED) is 0.668. The fourth-order valence-corrected chi connectivity index (χ4v) is 2.40. The lowest BCUT2D eigenvalue weighted by molar-refractivity contribution is 0.0120. The van der Waals surface area contributed by atoms with E-state index in [0.717, 1.165) is 25.9 Å². The Morgan fingerprint density at radius 3 is 2.95 bits per heavy atom. The highest BCUT2D eigenvalue weighted by Gasteiger charge is 2.16. The number of H-pyrrole nitrogens is 1. The van der Waals surface area contributed by atoms with Crippen LogP contribution in [0, 0.1) is 6.92 Å². The summed E-state index contributed by atoms with van der Waals surface area (Å²) in [5.41, 5.74) is 0.933. The van der Waals surface area contributed by atoms with Crippen LogP contribution in [-0.2, 0) is 4.74 Å². The average molecular weight is 295 g/mol. The van der Waals surface area contributed by atoms with Gasteiger partial charge < -0.3 is 25.5 Å². The van der Waals surface area contributed by atoms with Crippen molar-refractivity contribution in [2.24, 2.45) is 0 Å². The number of ether oxygens (including phenoxy) is 1. The molecule has 2 rings (SSSR count). The first kappa shape index (κ1) is 15.4. The molecule has 2 amide bonds. The molecule has 1 saturated heterocycles. The highest BCUT2D eigenvalue weighted by atomic mass is 16.5. The summed E-state index contributed by atoms with van der Waals surface area (Å²) in [6.45, 7) is 3.03. The largest absolute Gasteiger partial charge is 0.477 e. The summed E-state index contributed by atoms with van der Waals surface area (Å²) in [4.78, 5) is 25.5. The van der Waals surface area contributed by atoms with Crippen LogP contribution in [0.15, 0.2) is 6.07 Å². The van der Waals surface area contributed by atoms with Crippen molar-refractivity contribution >= 4 is 17.7 Å². The van der Waals surface area contributed by atoms with Gasteiger partial charge in [-0.05, 0) is 38.7 Å². The molecule has 1 aromatic heterocycles. The van der Waals surface area contributed by atoms with E-state index in [9.17, 15) is 9.59 Å². The first-order valence-corrected chi connectivity index (χ1v) is 7.15. The normalized spacial score (nSPS) is 18.2. The first-order chi connectivity index (χ1) is 10.1. The van der Waals surface area contributed by atoms with Gasteiger partial charge in [0.05, 0.1) is 11.8 Å². The third-order valence-corrected chi connectivity index (χ3v) is 3.44. The number of aromatic amines is 1. The number of carbonyl (C=O) groups is 2. The lowest BCUT2D eigenvalue weighted by Gasteiger charge is -2.22. The van der Waals surface area contributed by atoms with Gasteiger partial charge in [-0.1, -0.05) is 0 Å². The topological polar surface area (TPSA) is 103 Å². The smallest absolute Gasteiger partial charge is 0.354 e. The van der Waals surface area contributed by atoms with Crippen molar-refractivity contribution in [2.45, 2.75) is 38.7 Å². The lowest BCUT2D eigenvalue weighted by atomic mass is 10.1. The predicted molar refractivity (Wildman–Crippen MR) is 77.7 cm³/mol. The van der Waals surface area contributed by atoms with E-state index < -0.39 is 12.0 Å². The van der Waals surface area contributed by atoms with Crippen molar-refractivity contribution in [1.29, 1.82) is 0 Å². The molecule has 0 bridgehead atoms. The summed E-state index contributed by atoms with van der Waals surface area (Å²) in [5, 5.41) is 14.3. The zero-order valence-electron chi connectivity index (χ0n) is 12.1. The monoisotopic (exact) mass is 295 g/mol. The number of hydrogen-bond acceptors (Lipinski definition) is 3. The second kappa shape index (κ2) is 7.12. The number of urea groups is 1. The van der Waals surface area contributed by atoms with Crippen LogP contribution in [0.5, 0.6) is 0 Å². The van der Waals surface area contributed by atoms with E-state index in [1.165, 1.54) is 6.42 Å². The van der Waals surface area contributed by atoms with Gasteiger partial charge in [-0.25, -0.2) is 9.59 Å². The van der Waals surface area contributed by atoms with Gasteiger partial charge in [0.15, 0.2) is 0 Å². The van der Waals surface area contributed by atoms with Gasteiger partial charge in [-0.2, -0.15) is 0 Å². The number of hydrogen-bond donors (Lipinski definition) is 4. The molecule has 0 spiro atoms. The molecular formula is C14H21N3O4. The van der Waals surface area contributed by atoms with Crippen LogP contribution < -0.4 is 10.6 Å². The van der Waals surface area contributed by atoms with Gasteiger partial charge in [0.2, 0.25) is 0 Å². The number of carboxylic acid groups (broad SMARTS) is 1. The van der Waals surface area contributed by atoms with E-state index in [1.807, 2.05) is 0 Å². The Labute approximate surface area is 123 Å². The molecule has 0 saturated carbocycles. The van der Waals surface area contributed by atoms with Crippen molar-refractivity contribution in [1.82, 2.24) is 10.3 Å². The van der Waals surface area contributed by atoms with Gasteiger partial charge in [0.25, 0.3) is 0 Å². The molecule has 1 atom stereocenters. The second-order valence-corrected chi connectivity index (χ2v) is 5.20. The van der Waals surface area contributed by atoms with Gasteiger partial charge >= 0.3 is 12.0 Å². The summed E-state index contributed by atoms with van der Waals surface area (Å²) in [5.74, 6) is -1.10. The zero-order chi connectivity index (χ0) is 15.2. The number of anilines is 1. The first-order valence-electron chi connectivity index (χ1n) is 7.15. The SMILES string of the molecule is Cc1cc(NC(=O)NCCC2CCCCO2)c(C(=O)O)[nH]1. The Bertz CT molecular complexity index is 506. The molecule has 1 aliphatic rings. The Kier molecular flexibility index (Phi) is 5.21.